The van der Waals surface area contributed by atoms with Gasteiger partial charge in [0.05, 0.1) is 17.4 Å². The molecule has 0 N–H and O–H groups in total. The molecule has 0 amide bonds. The van der Waals surface area contributed by atoms with Gasteiger partial charge < -0.3 is 4.90 Å². The SMILES string of the molecule is CC1=CC=C(C)C(N(c2cccc(C)c2)c2cc3c(c4ccccc24)-c2cc4c(cc2C3(C)C)C2=C(C=C(c3cc(C5=CC=CCC5)cc(-c5ccccc5)n3)C3=CC=CCC32)C4(C)C)C1. The number of rotatable bonds is 6. The van der Waals surface area contributed by atoms with Crippen LogP contribution in [0.3, 0.4) is 0 Å². The van der Waals surface area contributed by atoms with E-state index in [1.807, 2.05) is 0 Å². The average Bonchev–Trinajstić information content (AvgIpc) is 3.70. The molecule has 1 heterocycles. The lowest BCUT2D eigenvalue weighted by atomic mass is 9.71. The summed E-state index contributed by atoms with van der Waals surface area (Å²) < 4.78 is 0. The van der Waals surface area contributed by atoms with Crippen molar-refractivity contribution in [3.63, 3.8) is 0 Å². The minimum absolute atomic E-state index is 0.213. The van der Waals surface area contributed by atoms with Gasteiger partial charge in [-0.1, -0.05) is 154 Å². The first-order valence-corrected chi connectivity index (χ1v) is 24.2. The lowest BCUT2D eigenvalue weighted by molar-refractivity contribution is 0.644. The summed E-state index contributed by atoms with van der Waals surface area (Å²) >= 11 is 0. The molecule has 66 heavy (non-hydrogen) atoms. The van der Waals surface area contributed by atoms with Crippen LogP contribution in [-0.4, -0.2) is 11.0 Å². The summed E-state index contributed by atoms with van der Waals surface area (Å²) in [6.07, 6.45) is 25.1. The Bertz CT molecular complexity index is 3330. The maximum absolute atomic E-state index is 5.52. The van der Waals surface area contributed by atoms with Crippen molar-refractivity contribution in [2.45, 2.75) is 91.0 Å². The molecule has 5 aromatic carbocycles. The predicted molar refractivity (Wildman–Crippen MR) is 280 cm³/mol. The van der Waals surface area contributed by atoms with E-state index in [0.29, 0.717) is 0 Å². The predicted octanol–water partition coefficient (Wildman–Crippen LogP) is 16.7. The number of benzene rings is 5. The number of fused-ring (bicyclic) bond motifs is 9. The van der Waals surface area contributed by atoms with Crippen LogP contribution in [-0.2, 0) is 10.8 Å². The second-order valence-electron chi connectivity index (χ2n) is 20.8. The highest BCUT2D eigenvalue weighted by Crippen LogP contribution is 2.61. The topological polar surface area (TPSA) is 16.1 Å². The number of aryl methyl sites for hydroxylation is 1. The maximum atomic E-state index is 5.52. The Morgan fingerprint density at radius 3 is 2.20 bits per heavy atom. The fourth-order valence-corrected chi connectivity index (χ4v) is 12.4. The van der Waals surface area contributed by atoms with Gasteiger partial charge in [-0.25, -0.2) is 4.98 Å². The molecule has 12 rings (SSSR count). The van der Waals surface area contributed by atoms with Crippen LogP contribution in [0.5, 0.6) is 0 Å². The molecule has 1 aromatic heterocycles. The monoisotopic (exact) mass is 854 g/mol. The Balaban J connectivity index is 1.03. The van der Waals surface area contributed by atoms with Crippen molar-refractivity contribution in [1.82, 2.24) is 4.98 Å². The number of anilines is 2. The molecular formula is C64H58N2. The second-order valence-corrected chi connectivity index (χ2v) is 20.8. The van der Waals surface area contributed by atoms with Crippen LogP contribution < -0.4 is 4.90 Å². The van der Waals surface area contributed by atoms with E-state index in [2.05, 4.69) is 217 Å². The molecule has 0 saturated carbocycles. The van der Waals surface area contributed by atoms with Crippen LogP contribution in [0, 0.1) is 12.8 Å². The Morgan fingerprint density at radius 1 is 0.636 bits per heavy atom. The number of hydrogen-bond donors (Lipinski definition) is 0. The molecule has 0 aliphatic heterocycles. The number of pyridine rings is 1. The van der Waals surface area contributed by atoms with Crippen molar-refractivity contribution < 1.29 is 0 Å². The number of aromatic nitrogens is 1. The summed E-state index contributed by atoms with van der Waals surface area (Å²) in [6.45, 7) is 16.7. The van der Waals surface area contributed by atoms with Crippen LogP contribution >= 0.6 is 0 Å². The molecule has 0 spiro atoms. The normalized spacial score (nSPS) is 20.6. The van der Waals surface area contributed by atoms with Gasteiger partial charge in [0.2, 0.25) is 0 Å². The molecule has 6 aromatic rings. The first kappa shape index (κ1) is 40.7. The van der Waals surface area contributed by atoms with Gasteiger partial charge >= 0.3 is 0 Å². The zero-order valence-corrected chi connectivity index (χ0v) is 39.5. The van der Waals surface area contributed by atoms with Crippen molar-refractivity contribution >= 4 is 38.9 Å². The molecule has 2 heteroatoms. The van der Waals surface area contributed by atoms with Crippen LogP contribution in [0.15, 0.2) is 186 Å². The van der Waals surface area contributed by atoms with E-state index in [4.69, 9.17) is 4.98 Å². The average molecular weight is 855 g/mol. The van der Waals surface area contributed by atoms with Crippen LogP contribution in [0.25, 0.3) is 49.9 Å². The molecule has 2 nitrogen and oxygen atoms in total. The molecule has 6 aliphatic rings. The highest BCUT2D eigenvalue weighted by atomic mass is 15.2. The third kappa shape index (κ3) is 6.24. The first-order valence-electron chi connectivity index (χ1n) is 24.2. The minimum atomic E-state index is -0.223. The van der Waals surface area contributed by atoms with Gasteiger partial charge in [0.25, 0.3) is 0 Å². The van der Waals surface area contributed by atoms with Gasteiger partial charge in [0, 0.05) is 44.6 Å². The van der Waals surface area contributed by atoms with Gasteiger partial charge in [-0.05, 0) is 167 Å². The second kappa shape index (κ2) is 15.1. The number of allylic oxidation sites excluding steroid dienone is 14. The zero-order valence-electron chi connectivity index (χ0n) is 39.5. The van der Waals surface area contributed by atoms with Crippen LogP contribution in [0.2, 0.25) is 0 Å². The Kier molecular flexibility index (Phi) is 9.34. The van der Waals surface area contributed by atoms with Crippen LogP contribution in [0.4, 0.5) is 11.4 Å². The number of hydrogen-bond acceptors (Lipinski definition) is 2. The Hall–Kier alpha value is -6.77. The molecule has 2 unspecified atom stereocenters. The summed E-state index contributed by atoms with van der Waals surface area (Å²) in [6, 6.07) is 41.8. The molecule has 324 valence electrons. The van der Waals surface area contributed by atoms with Crippen molar-refractivity contribution in [3.8, 4) is 22.4 Å². The third-order valence-electron chi connectivity index (χ3n) is 15.9. The summed E-state index contributed by atoms with van der Waals surface area (Å²) in [7, 11) is 0. The van der Waals surface area contributed by atoms with Gasteiger partial charge in [-0.2, -0.15) is 0 Å². The largest absolute Gasteiger partial charge is 0.333 e. The van der Waals surface area contributed by atoms with E-state index in [9.17, 15) is 0 Å². The van der Waals surface area contributed by atoms with E-state index in [0.717, 1.165) is 42.6 Å². The van der Waals surface area contributed by atoms with E-state index in [-0.39, 0.29) is 22.8 Å². The van der Waals surface area contributed by atoms with E-state index < -0.39 is 0 Å². The van der Waals surface area contributed by atoms with Crippen molar-refractivity contribution in [2.24, 2.45) is 5.92 Å². The summed E-state index contributed by atoms with van der Waals surface area (Å²) in [5.74, 6) is 0.248. The summed E-state index contributed by atoms with van der Waals surface area (Å²) in [5, 5.41) is 2.64. The standard InChI is InChI=1S/C64H58N2/c1-39-19-18-24-45(31-39)66(59-32-40(2)29-30-41(59)3)60-38-56-62(49-28-17-15-26-47(49)60)52-37-53-51(36-54(52)64(56,6)7)61-48-27-16-14-25-46(48)50(35-55(61)63(53,4)5)58-34-44(42-20-10-8-11-21-42)33-57(65-58)43-22-12-9-13-23-43/h8-10,12-20,22-26,28-31,33-38,48,59H,11,21,27,32H2,1-7H3. The maximum Gasteiger partial charge on any atom is 0.0718 e. The fraction of sp³-hybridized carbons (Fsp3) is 0.234. The fourth-order valence-electron chi connectivity index (χ4n) is 12.4. The molecular weight excluding hydrogens is 797 g/mol. The molecule has 0 bridgehead atoms. The highest BCUT2D eigenvalue weighted by Gasteiger charge is 2.47. The molecule has 6 aliphatic carbocycles. The molecule has 0 radical (unpaired) electrons. The van der Waals surface area contributed by atoms with E-state index in [1.54, 1.807) is 0 Å². The lowest BCUT2D eigenvalue weighted by Crippen LogP contribution is -2.34. The summed E-state index contributed by atoms with van der Waals surface area (Å²) in [4.78, 5) is 8.17. The van der Waals surface area contributed by atoms with E-state index >= 15 is 0 Å². The van der Waals surface area contributed by atoms with Crippen molar-refractivity contribution in [3.05, 3.63) is 225 Å². The number of nitrogens with zero attached hydrogens (tertiary/aromatic N) is 2. The van der Waals surface area contributed by atoms with Gasteiger partial charge in [0.15, 0.2) is 0 Å². The Labute approximate surface area is 391 Å². The third-order valence-corrected chi connectivity index (χ3v) is 15.9. The smallest absolute Gasteiger partial charge is 0.0718 e. The van der Waals surface area contributed by atoms with E-state index in [1.165, 1.54) is 106 Å². The lowest BCUT2D eigenvalue weighted by Gasteiger charge is -2.38. The molecule has 0 fully saturated rings. The zero-order chi connectivity index (χ0) is 45.1. The van der Waals surface area contributed by atoms with Crippen molar-refractivity contribution in [1.29, 1.82) is 0 Å². The first-order chi connectivity index (χ1) is 32.0. The minimum Gasteiger partial charge on any atom is -0.333 e. The van der Waals surface area contributed by atoms with Crippen molar-refractivity contribution in [2.75, 3.05) is 4.90 Å². The Morgan fingerprint density at radius 2 is 1.39 bits per heavy atom. The van der Waals surface area contributed by atoms with Gasteiger partial charge in [0.1, 0.15) is 0 Å². The van der Waals surface area contributed by atoms with Gasteiger partial charge in [-0.3, -0.25) is 0 Å². The highest BCUT2D eigenvalue weighted by molar-refractivity contribution is 6.10. The van der Waals surface area contributed by atoms with Crippen LogP contribution in [0.1, 0.15) is 106 Å². The molecule has 2 atom stereocenters. The quantitative estimate of drug-likeness (QED) is 0.166. The molecule has 0 saturated heterocycles. The van der Waals surface area contributed by atoms with Gasteiger partial charge in [-0.15, -0.1) is 0 Å². The summed E-state index contributed by atoms with van der Waals surface area (Å²) in [5.41, 5.74) is 26.2.